The third-order valence-corrected chi connectivity index (χ3v) is 3.09. The van der Waals surface area contributed by atoms with Gasteiger partial charge in [0, 0.05) is 0 Å². The summed E-state index contributed by atoms with van der Waals surface area (Å²) in [5.74, 6) is -0.767. The first-order chi connectivity index (χ1) is 9.21. The molecule has 1 aromatic carbocycles. The predicted octanol–water partition coefficient (Wildman–Crippen LogP) is 1.77. The average Bonchev–Trinajstić information content (AvgIpc) is 2.30. The molecule has 1 atom stereocenters. The molecule has 4 N–H and O–H groups in total. The van der Waals surface area contributed by atoms with Crippen LogP contribution in [0.5, 0.6) is 0 Å². The third-order valence-electron chi connectivity index (χ3n) is 2.77. The van der Waals surface area contributed by atoms with Crippen molar-refractivity contribution in [1.29, 1.82) is 0 Å². The molecule has 0 fully saturated rings. The van der Waals surface area contributed by atoms with Crippen LogP contribution in [0.2, 0.25) is 5.02 Å². The molecule has 1 unspecified atom stereocenters. The Bertz CT molecular complexity index is 497. The highest BCUT2D eigenvalue weighted by atomic mass is 35.5. The molecule has 0 aliphatic heterocycles. The molecule has 0 saturated heterocycles. The number of amides is 2. The summed E-state index contributed by atoms with van der Waals surface area (Å²) in [7, 11) is 0. The number of nitrogens with two attached hydrogens (primary N) is 1. The fourth-order valence-electron chi connectivity index (χ4n) is 1.79. The molecule has 0 bridgehead atoms. The van der Waals surface area contributed by atoms with Gasteiger partial charge in [0.15, 0.2) is 0 Å². The molecule has 0 saturated carbocycles. The summed E-state index contributed by atoms with van der Waals surface area (Å²) in [5, 5.41) is 6.00. The van der Waals surface area contributed by atoms with E-state index < -0.39 is 11.9 Å². The Balaban J connectivity index is 2.59. The number of halogens is 1. The molecule has 0 aromatic heterocycles. The van der Waals surface area contributed by atoms with Gasteiger partial charge in [0.05, 0.1) is 23.3 Å². The lowest BCUT2D eigenvalue weighted by molar-refractivity contribution is -0.122. The molecule has 20 heavy (non-hydrogen) atoms. The van der Waals surface area contributed by atoms with E-state index >= 15 is 0 Å². The first-order valence-corrected chi connectivity index (χ1v) is 6.66. The third kappa shape index (κ3) is 4.83. The maximum absolute atomic E-state index is 11.8. The van der Waals surface area contributed by atoms with Crippen molar-refractivity contribution >= 4 is 29.1 Å². The zero-order valence-corrected chi connectivity index (χ0v) is 12.6. The zero-order chi connectivity index (χ0) is 15.3. The van der Waals surface area contributed by atoms with Gasteiger partial charge in [0.2, 0.25) is 11.8 Å². The van der Waals surface area contributed by atoms with Gasteiger partial charge in [-0.05, 0) is 17.5 Å². The molecule has 5 nitrogen and oxygen atoms in total. The van der Waals surface area contributed by atoms with Crippen LogP contribution in [0.15, 0.2) is 24.3 Å². The molecule has 0 heterocycles. The Morgan fingerprint density at radius 1 is 1.30 bits per heavy atom. The molecule has 2 amide bonds. The minimum Gasteiger partial charge on any atom is -0.368 e. The summed E-state index contributed by atoms with van der Waals surface area (Å²) in [6.45, 7) is 5.61. The Kier molecular flexibility index (Phi) is 5.53. The van der Waals surface area contributed by atoms with Gasteiger partial charge in [-0.15, -0.1) is 0 Å². The van der Waals surface area contributed by atoms with Gasteiger partial charge in [-0.1, -0.05) is 44.5 Å². The van der Waals surface area contributed by atoms with E-state index in [1.165, 1.54) is 0 Å². The second-order valence-corrected chi connectivity index (χ2v) is 6.02. The van der Waals surface area contributed by atoms with Crippen LogP contribution < -0.4 is 16.4 Å². The Morgan fingerprint density at radius 2 is 1.90 bits per heavy atom. The van der Waals surface area contributed by atoms with E-state index in [4.69, 9.17) is 17.3 Å². The van der Waals surface area contributed by atoms with Crippen LogP contribution in [0.4, 0.5) is 5.69 Å². The highest BCUT2D eigenvalue weighted by Gasteiger charge is 2.29. The lowest BCUT2D eigenvalue weighted by Crippen LogP contribution is -2.51. The van der Waals surface area contributed by atoms with Gasteiger partial charge in [0.25, 0.3) is 0 Å². The van der Waals surface area contributed by atoms with Gasteiger partial charge in [-0.3, -0.25) is 14.9 Å². The molecule has 1 aromatic rings. The van der Waals surface area contributed by atoms with Crippen molar-refractivity contribution in [1.82, 2.24) is 5.32 Å². The second-order valence-electron chi connectivity index (χ2n) is 5.61. The number of para-hydroxylation sites is 1. The highest BCUT2D eigenvalue weighted by molar-refractivity contribution is 6.33. The van der Waals surface area contributed by atoms with Crippen molar-refractivity contribution in [3.8, 4) is 0 Å². The number of anilines is 1. The fourth-order valence-corrected chi connectivity index (χ4v) is 1.97. The summed E-state index contributed by atoms with van der Waals surface area (Å²) < 4.78 is 0. The summed E-state index contributed by atoms with van der Waals surface area (Å²) in [6.07, 6.45) is 0. The Labute approximate surface area is 123 Å². The van der Waals surface area contributed by atoms with Crippen LogP contribution in [-0.4, -0.2) is 24.4 Å². The monoisotopic (exact) mass is 297 g/mol. The summed E-state index contributed by atoms with van der Waals surface area (Å²) in [6, 6.07) is 6.36. The molecule has 0 radical (unpaired) electrons. The molecule has 0 aliphatic rings. The zero-order valence-electron chi connectivity index (χ0n) is 11.9. The molecular weight excluding hydrogens is 278 g/mol. The molecule has 1 rings (SSSR count). The Hall–Kier alpha value is -1.59. The van der Waals surface area contributed by atoms with Crippen LogP contribution in [0.25, 0.3) is 0 Å². The van der Waals surface area contributed by atoms with Crippen molar-refractivity contribution in [2.24, 2.45) is 11.1 Å². The predicted molar refractivity (Wildman–Crippen MR) is 80.5 cm³/mol. The maximum Gasteiger partial charge on any atom is 0.238 e. The summed E-state index contributed by atoms with van der Waals surface area (Å²) >= 11 is 5.94. The van der Waals surface area contributed by atoms with E-state index in [-0.39, 0.29) is 17.9 Å². The quantitative estimate of drug-likeness (QED) is 0.774. The molecule has 6 heteroatoms. The van der Waals surface area contributed by atoms with Crippen LogP contribution in [0, 0.1) is 5.41 Å². The van der Waals surface area contributed by atoms with E-state index in [0.717, 1.165) is 0 Å². The van der Waals surface area contributed by atoms with E-state index in [9.17, 15) is 9.59 Å². The Morgan fingerprint density at radius 3 is 2.40 bits per heavy atom. The van der Waals surface area contributed by atoms with E-state index in [2.05, 4.69) is 10.6 Å². The van der Waals surface area contributed by atoms with Gasteiger partial charge in [0.1, 0.15) is 0 Å². The smallest absolute Gasteiger partial charge is 0.238 e. The van der Waals surface area contributed by atoms with Crippen LogP contribution in [-0.2, 0) is 9.59 Å². The number of hydrogen-bond acceptors (Lipinski definition) is 3. The largest absolute Gasteiger partial charge is 0.368 e. The van der Waals surface area contributed by atoms with Crippen LogP contribution in [0.1, 0.15) is 20.8 Å². The number of hydrogen-bond donors (Lipinski definition) is 3. The normalized spacial score (nSPS) is 12.8. The van der Waals surface area contributed by atoms with E-state index in [1.807, 2.05) is 20.8 Å². The lowest BCUT2D eigenvalue weighted by atomic mass is 9.86. The first-order valence-electron chi connectivity index (χ1n) is 6.29. The number of carbonyl (C=O) groups is 2. The number of rotatable bonds is 5. The molecular formula is C14H20ClN3O2. The van der Waals surface area contributed by atoms with Gasteiger partial charge < -0.3 is 11.1 Å². The van der Waals surface area contributed by atoms with Crippen molar-refractivity contribution in [3.05, 3.63) is 29.3 Å². The van der Waals surface area contributed by atoms with Gasteiger partial charge in [-0.25, -0.2) is 0 Å². The van der Waals surface area contributed by atoms with E-state index in [1.54, 1.807) is 24.3 Å². The number of nitrogens with one attached hydrogen (secondary N) is 2. The van der Waals surface area contributed by atoms with Crippen LogP contribution in [0.3, 0.4) is 0 Å². The lowest BCUT2D eigenvalue weighted by Gasteiger charge is -2.28. The summed E-state index contributed by atoms with van der Waals surface area (Å²) in [5.41, 5.74) is 5.50. The minimum absolute atomic E-state index is 0.0178. The van der Waals surface area contributed by atoms with Gasteiger partial charge >= 0.3 is 0 Å². The summed E-state index contributed by atoms with van der Waals surface area (Å²) in [4.78, 5) is 23.2. The number of carbonyl (C=O) groups excluding carboxylic acids is 2. The van der Waals surface area contributed by atoms with Gasteiger partial charge in [-0.2, -0.15) is 0 Å². The average molecular weight is 298 g/mol. The minimum atomic E-state index is -0.584. The first kappa shape index (κ1) is 16.5. The topological polar surface area (TPSA) is 84.2 Å². The van der Waals surface area contributed by atoms with Crippen molar-refractivity contribution in [2.75, 3.05) is 11.9 Å². The fraction of sp³-hybridized carbons (Fsp3) is 0.429. The molecule has 110 valence electrons. The standard InChI is InChI=1S/C14H20ClN3O2/c1-14(2,3)12(13(16)20)17-8-11(19)18-10-7-5-4-6-9(10)15/h4-7,12,17H,8H2,1-3H3,(H2,16,20)(H,18,19). The molecule has 0 spiro atoms. The van der Waals surface area contributed by atoms with Crippen molar-refractivity contribution in [3.63, 3.8) is 0 Å². The SMILES string of the molecule is CC(C)(C)C(NCC(=O)Nc1ccccc1Cl)C(N)=O. The maximum atomic E-state index is 11.8. The number of primary amides is 1. The van der Waals surface area contributed by atoms with Crippen molar-refractivity contribution in [2.45, 2.75) is 26.8 Å². The van der Waals surface area contributed by atoms with E-state index in [0.29, 0.717) is 10.7 Å². The second kappa shape index (κ2) is 6.72. The van der Waals surface area contributed by atoms with Crippen molar-refractivity contribution < 1.29 is 9.59 Å². The van der Waals surface area contributed by atoms with Crippen LogP contribution >= 0.6 is 11.6 Å². The number of benzene rings is 1. The molecule has 0 aliphatic carbocycles. The highest BCUT2D eigenvalue weighted by Crippen LogP contribution is 2.21.